The highest BCUT2D eigenvalue weighted by Crippen LogP contribution is 2.46. The van der Waals surface area contributed by atoms with E-state index in [0.29, 0.717) is 11.1 Å². The molecule has 0 spiro atoms. The Hall–Kier alpha value is -9.45. The van der Waals surface area contributed by atoms with Gasteiger partial charge < -0.3 is 79.9 Å². The first-order chi connectivity index (χ1) is 59.1. The Bertz CT molecular complexity index is 4850. The van der Waals surface area contributed by atoms with Crippen molar-refractivity contribution in [2.45, 2.75) is 222 Å². The van der Waals surface area contributed by atoms with Crippen LogP contribution in [0.25, 0.3) is 0 Å². The molecule has 0 aromatic heterocycles. The van der Waals surface area contributed by atoms with Crippen LogP contribution in [0.4, 0.5) is 0 Å². The van der Waals surface area contributed by atoms with Crippen molar-refractivity contribution >= 4 is 49.3 Å². The molecule has 0 amide bonds. The number of carbonyl (C=O) groups is 2. The lowest BCUT2D eigenvalue weighted by molar-refractivity contribution is -0.376. The summed E-state index contributed by atoms with van der Waals surface area (Å²) in [6.45, 7) is 21.0. The zero-order valence-corrected chi connectivity index (χ0v) is 72.9. The summed E-state index contributed by atoms with van der Waals surface area (Å²) in [5, 5.41) is 3.21. The van der Waals surface area contributed by atoms with E-state index in [4.69, 9.17) is 79.9 Å². The van der Waals surface area contributed by atoms with Gasteiger partial charge in [0.2, 0.25) is 0 Å². The fraction of sp³-hybridized carbons (Fsp3) is 0.366. The van der Waals surface area contributed by atoms with Crippen LogP contribution in [-0.2, 0) is 106 Å². The molecule has 15 rings (SSSR count). The molecule has 638 valence electrons. The molecule has 0 bridgehead atoms. The molecule has 0 radical (unpaired) electrons. The van der Waals surface area contributed by atoms with Crippen molar-refractivity contribution < 1.29 is 89.5 Å². The van der Waals surface area contributed by atoms with Crippen molar-refractivity contribution in [1.29, 1.82) is 0 Å². The van der Waals surface area contributed by atoms with Crippen molar-refractivity contribution in [2.75, 3.05) is 13.2 Å². The third-order valence-electron chi connectivity index (χ3n) is 23.4. The van der Waals surface area contributed by atoms with E-state index in [1.165, 1.54) is 0 Å². The molecule has 5 aliphatic heterocycles. The van der Waals surface area contributed by atoms with E-state index in [-0.39, 0.29) is 39.6 Å². The molecule has 5 aliphatic rings. The first-order valence-electron chi connectivity index (χ1n) is 42.4. The Morgan fingerprint density at radius 2 is 0.648 bits per heavy atom. The SMILES string of the molecule is CC1O[C@@H](OC2C=COC(CO[Si](c3ccccc3)(c3ccccc3)C(C)(C)C)[C@H]2O[C@@H]2OC(CO[Si](c3ccccc3)(c3ccccc3)C(C)(C)C)[C@@H]3OC(C)(C)O[C@@H]3[C@H]2OC2OC(C)[C@@H](OC(=O)c3ccccc3)[C@H](OCc3ccccc3)C2OCc2ccccc2)[C@H](OCc2ccccc2)C(OCc2ccccc2)[C@@H]1OC(=O)c1ccccc1. The number of hydrogen-bond acceptors (Lipinski definition) is 19. The van der Waals surface area contributed by atoms with E-state index in [1.54, 1.807) is 60.9 Å². The van der Waals surface area contributed by atoms with Crippen molar-refractivity contribution in [3.8, 4) is 0 Å². The number of hydrogen-bond donors (Lipinski definition) is 0. The van der Waals surface area contributed by atoms with Crippen molar-refractivity contribution in [1.82, 2.24) is 0 Å². The molecule has 8 unspecified atom stereocenters. The number of benzene rings is 10. The highest BCUT2D eigenvalue weighted by Gasteiger charge is 2.62. The second-order valence-electron chi connectivity index (χ2n) is 34.3. The lowest BCUT2D eigenvalue weighted by Crippen LogP contribution is -2.69. The average molecular weight is 1690 g/mol. The van der Waals surface area contributed by atoms with Crippen LogP contribution in [0.1, 0.15) is 112 Å². The maximum absolute atomic E-state index is 14.6. The third kappa shape index (κ3) is 20.2. The van der Waals surface area contributed by atoms with Crippen molar-refractivity contribution in [3.05, 3.63) is 349 Å². The topological polar surface area (TPSA) is 191 Å². The summed E-state index contributed by atoms with van der Waals surface area (Å²) in [6, 6.07) is 98.6. The van der Waals surface area contributed by atoms with E-state index in [1.807, 2.05) is 185 Å². The highest BCUT2D eigenvalue weighted by atomic mass is 28.4. The van der Waals surface area contributed by atoms with Gasteiger partial charge in [-0.05, 0) is 111 Å². The maximum atomic E-state index is 14.6. The standard InChI is InChI=1S/C101H112O19Si2/c1-69-84(115-94(102)75-49-29-15-30-50-75)88(105-63-71-41-21-11-22-42-71)91(107-65-73-45-25-13-26-46-73)96(111-69)113-81-61-62-104-82(67-109-121(99(3,4)5,77-53-33-17-34-54-77)78-55-35-18-36-56-78)86(81)117-98-93(90-87(119-101(9,10)120-90)83(114-98)68-110-122(100(6,7)8,79-57-37-19-38-58-79)80-59-39-20-40-60-80)118-97-92(108-66-74-47-27-14-28-48-74)89(106-64-72-43-23-12-24-44-72)85(70(2)112-97)116-95(103)76-51-31-16-32-52-76/h11-62,69-70,81-93,96-98H,63-68H2,1-10H3/t69?,70?,81?,82?,83?,84-,85-,86+,87+,88?,89+,90+,91-,92?,93-,96+,97?,98+/m1/s1. The van der Waals surface area contributed by atoms with Crippen LogP contribution in [0.2, 0.25) is 10.1 Å². The van der Waals surface area contributed by atoms with Gasteiger partial charge in [0.1, 0.15) is 67.1 Å². The maximum Gasteiger partial charge on any atom is 0.338 e. The summed E-state index contributed by atoms with van der Waals surface area (Å²) in [7, 11) is -6.80. The smallest absolute Gasteiger partial charge is 0.338 e. The van der Waals surface area contributed by atoms with E-state index >= 15 is 0 Å². The molecule has 19 nitrogen and oxygen atoms in total. The molecule has 21 heteroatoms. The quantitative estimate of drug-likeness (QED) is 0.0285. The lowest BCUT2D eigenvalue weighted by atomic mass is 9.96. The summed E-state index contributed by atoms with van der Waals surface area (Å²) in [5.74, 6) is -2.44. The highest BCUT2D eigenvalue weighted by molar-refractivity contribution is 7.00. The number of ether oxygens (including phenoxy) is 15. The number of carbonyl (C=O) groups excluding carboxylic acids is 2. The number of esters is 2. The van der Waals surface area contributed by atoms with Crippen LogP contribution < -0.4 is 20.7 Å². The van der Waals surface area contributed by atoms with E-state index in [2.05, 4.69) is 139 Å². The van der Waals surface area contributed by atoms with Crippen molar-refractivity contribution in [3.63, 3.8) is 0 Å². The summed E-state index contributed by atoms with van der Waals surface area (Å²) in [6.07, 6.45) is -16.6. The molecule has 10 aromatic carbocycles. The summed E-state index contributed by atoms with van der Waals surface area (Å²) >= 11 is 0. The Kier molecular flexibility index (Phi) is 28.4. The molecule has 18 atom stereocenters. The van der Waals surface area contributed by atoms with Gasteiger partial charge in [-0.25, -0.2) is 9.59 Å². The first-order valence-corrected chi connectivity index (χ1v) is 46.2. The van der Waals surface area contributed by atoms with Gasteiger partial charge in [-0.1, -0.05) is 321 Å². The largest absolute Gasteiger partial charge is 0.493 e. The number of rotatable bonds is 32. The molecular weight excluding hydrogens is 1570 g/mol. The zero-order valence-electron chi connectivity index (χ0n) is 70.9. The molecular formula is C101H112O19Si2. The second kappa shape index (κ2) is 39.6. The summed E-state index contributed by atoms with van der Waals surface area (Å²) in [5.41, 5.74) is 4.11. The molecule has 0 saturated carbocycles. The normalized spacial score (nSPS) is 26.6. The van der Waals surface area contributed by atoms with Gasteiger partial charge >= 0.3 is 11.9 Å². The van der Waals surface area contributed by atoms with Gasteiger partial charge in [0.25, 0.3) is 16.6 Å². The van der Waals surface area contributed by atoms with Crippen LogP contribution in [0.5, 0.6) is 0 Å². The van der Waals surface area contributed by atoms with Crippen LogP contribution in [0.3, 0.4) is 0 Å². The predicted molar refractivity (Wildman–Crippen MR) is 468 cm³/mol. The van der Waals surface area contributed by atoms with Crippen molar-refractivity contribution in [2.24, 2.45) is 0 Å². The second-order valence-corrected chi connectivity index (χ2v) is 42.9. The van der Waals surface area contributed by atoms with Crippen LogP contribution in [0, 0.1) is 0 Å². The average Bonchev–Trinajstić information content (AvgIpc) is 1.63. The Balaban J connectivity index is 0.881. The fourth-order valence-electron chi connectivity index (χ4n) is 17.5. The Morgan fingerprint density at radius 3 is 1.01 bits per heavy atom. The third-order valence-corrected chi connectivity index (χ3v) is 33.4. The lowest BCUT2D eigenvalue weighted by Gasteiger charge is -2.50. The van der Waals surface area contributed by atoms with Crippen LogP contribution in [-0.4, -0.2) is 158 Å². The van der Waals surface area contributed by atoms with Gasteiger partial charge in [-0.15, -0.1) is 0 Å². The van der Waals surface area contributed by atoms with Gasteiger partial charge in [0.05, 0.1) is 69.2 Å². The summed E-state index contributed by atoms with van der Waals surface area (Å²) in [4.78, 5) is 29.1. The molecule has 0 aliphatic carbocycles. The molecule has 122 heavy (non-hydrogen) atoms. The molecule has 0 N–H and O–H groups in total. The van der Waals surface area contributed by atoms with E-state index in [9.17, 15) is 9.59 Å². The Labute approximate surface area is 718 Å². The molecule has 5 heterocycles. The zero-order chi connectivity index (χ0) is 84.9. The summed E-state index contributed by atoms with van der Waals surface area (Å²) < 4.78 is 125. The number of fused-ring (bicyclic) bond motifs is 1. The molecule has 4 saturated heterocycles. The molecule has 4 fully saturated rings. The fourth-order valence-corrected chi connectivity index (χ4v) is 26.6. The first kappa shape index (κ1) is 87.5. The van der Waals surface area contributed by atoms with E-state index < -0.39 is 155 Å². The van der Waals surface area contributed by atoms with Crippen LogP contribution >= 0.6 is 0 Å². The van der Waals surface area contributed by atoms with Gasteiger partial charge in [-0.3, -0.25) is 0 Å². The van der Waals surface area contributed by atoms with Gasteiger partial charge in [-0.2, -0.15) is 0 Å². The monoisotopic (exact) mass is 1680 g/mol. The Morgan fingerprint density at radius 1 is 0.344 bits per heavy atom. The minimum atomic E-state index is -3.42. The van der Waals surface area contributed by atoms with Crippen LogP contribution in [0.15, 0.2) is 316 Å². The van der Waals surface area contributed by atoms with Gasteiger partial charge in [0, 0.05) is 0 Å². The predicted octanol–water partition coefficient (Wildman–Crippen LogP) is 15.7. The minimum Gasteiger partial charge on any atom is -0.493 e. The van der Waals surface area contributed by atoms with E-state index in [0.717, 1.165) is 43.0 Å². The molecule has 10 aromatic rings. The minimum absolute atomic E-state index is 0.0277. The van der Waals surface area contributed by atoms with Gasteiger partial charge in [0.15, 0.2) is 36.9 Å².